The van der Waals surface area contributed by atoms with Gasteiger partial charge >= 0.3 is 0 Å². The van der Waals surface area contributed by atoms with Crippen molar-refractivity contribution in [1.29, 1.82) is 0 Å². The van der Waals surface area contributed by atoms with Gasteiger partial charge in [-0.2, -0.15) is 0 Å². The first-order valence-electron chi connectivity index (χ1n) is 7.04. The molecule has 0 saturated carbocycles. The first-order chi connectivity index (χ1) is 8.86. The Hall–Kier alpha value is -1.06. The van der Waals surface area contributed by atoms with Gasteiger partial charge in [-0.05, 0) is 51.4 Å². The zero-order valence-electron chi connectivity index (χ0n) is 13.2. The van der Waals surface area contributed by atoms with E-state index in [4.69, 9.17) is 4.74 Å². The molecule has 3 heteroatoms. The van der Waals surface area contributed by atoms with Crippen molar-refractivity contribution in [3.05, 3.63) is 29.8 Å². The molecule has 3 nitrogen and oxygen atoms in total. The summed E-state index contributed by atoms with van der Waals surface area (Å²) in [4.78, 5) is 2.16. The Morgan fingerprint density at radius 2 is 1.79 bits per heavy atom. The van der Waals surface area contributed by atoms with E-state index in [2.05, 4.69) is 69.2 Å². The van der Waals surface area contributed by atoms with Crippen molar-refractivity contribution >= 4 is 5.69 Å². The quantitative estimate of drug-likeness (QED) is 0.756. The van der Waals surface area contributed by atoms with E-state index in [0.717, 1.165) is 12.3 Å². The molecular weight excluding hydrogens is 236 g/mol. The van der Waals surface area contributed by atoms with Crippen molar-refractivity contribution in [3.8, 4) is 0 Å². The van der Waals surface area contributed by atoms with Gasteiger partial charge in [0.25, 0.3) is 0 Å². The van der Waals surface area contributed by atoms with Gasteiger partial charge < -0.3 is 10.1 Å². The summed E-state index contributed by atoms with van der Waals surface area (Å²) in [6.45, 7) is 12.1. The fourth-order valence-electron chi connectivity index (χ4n) is 1.79. The van der Waals surface area contributed by atoms with Crippen LogP contribution in [0.3, 0.4) is 0 Å². The highest BCUT2D eigenvalue weighted by Gasteiger charge is 2.22. The Bertz CT molecular complexity index is 371. The summed E-state index contributed by atoms with van der Waals surface area (Å²) in [5.41, 5.74) is 2.36. The van der Waals surface area contributed by atoms with Gasteiger partial charge in [0.2, 0.25) is 0 Å². The standard InChI is InChI=1S/C16H28N2O/c1-7-19-12-18(6)16(4,5)17-15-10-8-14(9-11-15)13(2)3/h8-11,13,17H,7,12H2,1-6H3. The lowest BCUT2D eigenvalue weighted by Gasteiger charge is -2.37. The Morgan fingerprint density at radius 3 is 2.26 bits per heavy atom. The number of ether oxygens (including phenoxy) is 1. The van der Waals surface area contributed by atoms with Crippen LogP contribution in [0.15, 0.2) is 24.3 Å². The van der Waals surface area contributed by atoms with Crippen LogP contribution in [-0.4, -0.2) is 30.9 Å². The molecule has 0 unspecified atom stereocenters. The molecule has 0 saturated heterocycles. The summed E-state index contributed by atoms with van der Waals surface area (Å²) in [6, 6.07) is 8.66. The van der Waals surface area contributed by atoms with Crippen LogP contribution < -0.4 is 5.32 Å². The van der Waals surface area contributed by atoms with Crippen LogP contribution in [0.1, 0.15) is 46.1 Å². The molecule has 0 spiro atoms. The van der Waals surface area contributed by atoms with Crippen LogP contribution in [0, 0.1) is 0 Å². The number of anilines is 1. The molecular formula is C16H28N2O. The van der Waals surface area contributed by atoms with Gasteiger partial charge in [-0.3, -0.25) is 4.90 Å². The highest BCUT2D eigenvalue weighted by Crippen LogP contribution is 2.21. The predicted octanol–water partition coefficient (Wildman–Crippen LogP) is 3.88. The van der Waals surface area contributed by atoms with E-state index in [9.17, 15) is 0 Å². The van der Waals surface area contributed by atoms with E-state index < -0.39 is 0 Å². The minimum atomic E-state index is -0.144. The summed E-state index contributed by atoms with van der Waals surface area (Å²) in [6.07, 6.45) is 0. The van der Waals surface area contributed by atoms with Gasteiger partial charge in [-0.1, -0.05) is 26.0 Å². The highest BCUT2D eigenvalue weighted by molar-refractivity contribution is 5.46. The van der Waals surface area contributed by atoms with Crippen molar-refractivity contribution in [2.75, 3.05) is 25.7 Å². The van der Waals surface area contributed by atoms with Crippen molar-refractivity contribution in [3.63, 3.8) is 0 Å². The number of hydrogen-bond donors (Lipinski definition) is 1. The molecule has 0 radical (unpaired) electrons. The summed E-state index contributed by atoms with van der Waals surface area (Å²) in [7, 11) is 2.06. The molecule has 0 atom stereocenters. The van der Waals surface area contributed by atoms with Crippen molar-refractivity contribution < 1.29 is 4.74 Å². The fourth-order valence-corrected chi connectivity index (χ4v) is 1.79. The predicted molar refractivity (Wildman–Crippen MR) is 82.5 cm³/mol. The molecule has 0 aliphatic rings. The Kier molecular flexibility index (Phi) is 5.83. The largest absolute Gasteiger partial charge is 0.367 e. The van der Waals surface area contributed by atoms with Crippen LogP contribution in [0.5, 0.6) is 0 Å². The van der Waals surface area contributed by atoms with E-state index in [0.29, 0.717) is 12.6 Å². The molecule has 19 heavy (non-hydrogen) atoms. The third-order valence-electron chi connectivity index (χ3n) is 3.47. The van der Waals surface area contributed by atoms with Crippen LogP contribution in [0.25, 0.3) is 0 Å². The van der Waals surface area contributed by atoms with E-state index in [1.54, 1.807) is 0 Å². The minimum Gasteiger partial charge on any atom is -0.367 e. The Balaban J connectivity index is 2.66. The second kappa shape index (κ2) is 6.92. The molecule has 108 valence electrons. The normalized spacial score (nSPS) is 12.2. The third kappa shape index (κ3) is 4.84. The van der Waals surface area contributed by atoms with E-state index in [1.165, 1.54) is 5.56 Å². The maximum atomic E-state index is 5.46. The van der Waals surface area contributed by atoms with Gasteiger partial charge in [0, 0.05) is 12.3 Å². The van der Waals surface area contributed by atoms with Crippen LogP contribution in [-0.2, 0) is 4.74 Å². The second-order valence-corrected chi connectivity index (χ2v) is 5.78. The maximum Gasteiger partial charge on any atom is 0.100 e. The molecule has 0 heterocycles. The highest BCUT2D eigenvalue weighted by atomic mass is 16.5. The van der Waals surface area contributed by atoms with Crippen LogP contribution >= 0.6 is 0 Å². The van der Waals surface area contributed by atoms with Crippen molar-refractivity contribution in [2.24, 2.45) is 0 Å². The summed E-state index contributed by atoms with van der Waals surface area (Å²) in [5, 5.41) is 3.54. The number of nitrogens with zero attached hydrogens (tertiary/aromatic N) is 1. The molecule has 0 aromatic heterocycles. The average Bonchev–Trinajstić information content (AvgIpc) is 2.36. The molecule has 0 fully saturated rings. The van der Waals surface area contributed by atoms with E-state index in [1.807, 2.05) is 6.92 Å². The zero-order valence-corrected chi connectivity index (χ0v) is 13.2. The smallest absolute Gasteiger partial charge is 0.100 e. The lowest BCUT2D eigenvalue weighted by Crippen LogP contribution is -2.48. The lowest BCUT2D eigenvalue weighted by molar-refractivity contribution is 0.00787. The topological polar surface area (TPSA) is 24.5 Å². The monoisotopic (exact) mass is 264 g/mol. The molecule has 1 rings (SSSR count). The number of rotatable bonds is 7. The SMILES string of the molecule is CCOCN(C)C(C)(C)Nc1ccc(C(C)C)cc1. The van der Waals surface area contributed by atoms with Gasteiger partial charge in [0.1, 0.15) is 6.73 Å². The molecule has 0 aliphatic carbocycles. The summed E-state index contributed by atoms with van der Waals surface area (Å²) in [5.74, 6) is 0.572. The number of nitrogens with one attached hydrogen (secondary N) is 1. The van der Waals surface area contributed by atoms with Gasteiger partial charge in [-0.25, -0.2) is 0 Å². The Labute approximate surface area is 118 Å². The minimum absolute atomic E-state index is 0.144. The number of benzene rings is 1. The molecule has 1 N–H and O–H groups in total. The molecule has 0 bridgehead atoms. The lowest BCUT2D eigenvalue weighted by atomic mass is 10.0. The molecule has 1 aromatic rings. The summed E-state index contributed by atoms with van der Waals surface area (Å²) >= 11 is 0. The fraction of sp³-hybridized carbons (Fsp3) is 0.625. The molecule has 0 aliphatic heterocycles. The van der Waals surface area contributed by atoms with Gasteiger partial charge in [0.15, 0.2) is 0 Å². The van der Waals surface area contributed by atoms with Crippen molar-refractivity contribution in [1.82, 2.24) is 4.90 Å². The second-order valence-electron chi connectivity index (χ2n) is 5.78. The first-order valence-corrected chi connectivity index (χ1v) is 7.04. The zero-order chi connectivity index (χ0) is 14.5. The van der Waals surface area contributed by atoms with Crippen LogP contribution in [0.4, 0.5) is 5.69 Å². The average molecular weight is 264 g/mol. The van der Waals surface area contributed by atoms with E-state index >= 15 is 0 Å². The van der Waals surface area contributed by atoms with E-state index in [-0.39, 0.29) is 5.66 Å². The van der Waals surface area contributed by atoms with Gasteiger partial charge in [-0.15, -0.1) is 0 Å². The molecule has 1 aromatic carbocycles. The first kappa shape index (κ1) is 16.0. The summed E-state index contributed by atoms with van der Waals surface area (Å²) < 4.78 is 5.46. The number of hydrogen-bond acceptors (Lipinski definition) is 3. The maximum absolute atomic E-state index is 5.46. The Morgan fingerprint density at radius 1 is 1.21 bits per heavy atom. The van der Waals surface area contributed by atoms with Crippen LogP contribution in [0.2, 0.25) is 0 Å². The van der Waals surface area contributed by atoms with Gasteiger partial charge in [0.05, 0.1) is 5.66 Å². The third-order valence-corrected chi connectivity index (χ3v) is 3.47. The van der Waals surface area contributed by atoms with Crippen molar-refractivity contribution in [2.45, 2.75) is 46.2 Å². The molecule has 0 amide bonds.